The van der Waals surface area contributed by atoms with Gasteiger partial charge in [0.15, 0.2) is 11.6 Å². The van der Waals surface area contributed by atoms with E-state index in [9.17, 15) is 4.39 Å². The van der Waals surface area contributed by atoms with Gasteiger partial charge in [-0.3, -0.25) is 0 Å². The molecule has 1 fully saturated rings. The molecular weight excluding hydrogens is 363 g/mol. The number of ether oxygens (including phenoxy) is 1. The van der Waals surface area contributed by atoms with Crippen LogP contribution in [0.4, 0.5) is 10.3 Å². The van der Waals surface area contributed by atoms with Crippen LogP contribution in [0.1, 0.15) is 12.8 Å². The van der Waals surface area contributed by atoms with Gasteiger partial charge < -0.3 is 9.64 Å². The third-order valence-corrected chi connectivity index (χ3v) is 3.72. The van der Waals surface area contributed by atoms with Gasteiger partial charge in [0, 0.05) is 17.6 Å². The molecule has 0 spiro atoms. The minimum atomic E-state index is -0.502. The third kappa shape index (κ3) is 3.41. The summed E-state index contributed by atoms with van der Waals surface area (Å²) in [5.74, 6) is -0.0191. The number of aromatic nitrogens is 3. The molecule has 5 nitrogen and oxygen atoms in total. The lowest BCUT2D eigenvalue weighted by Crippen LogP contribution is -2.21. The predicted octanol–water partition coefficient (Wildman–Crippen LogP) is 3.82. The number of benzene rings is 1. The first kappa shape index (κ1) is 14.5. The van der Waals surface area contributed by atoms with Crippen LogP contribution in [0.5, 0.6) is 11.8 Å². The molecule has 21 heavy (non-hydrogen) atoms. The van der Waals surface area contributed by atoms with Crippen LogP contribution in [0.25, 0.3) is 0 Å². The largest absolute Gasteiger partial charge is 0.421 e. The molecule has 1 aliphatic heterocycles. The smallest absolute Gasteiger partial charge is 0.328 e. The van der Waals surface area contributed by atoms with Crippen molar-refractivity contribution in [1.82, 2.24) is 15.0 Å². The SMILES string of the molecule is Fc1ccc(Br)cc1Oc1nc(Cl)nc(N2CCCC2)n1. The van der Waals surface area contributed by atoms with E-state index in [1.54, 1.807) is 6.07 Å². The first-order valence-electron chi connectivity index (χ1n) is 6.41. The molecule has 0 aliphatic carbocycles. The van der Waals surface area contributed by atoms with Crippen LogP contribution < -0.4 is 9.64 Å². The molecule has 1 saturated heterocycles. The molecule has 1 aromatic carbocycles. The van der Waals surface area contributed by atoms with Crippen molar-refractivity contribution in [1.29, 1.82) is 0 Å². The van der Waals surface area contributed by atoms with Crippen LogP contribution in [-0.2, 0) is 0 Å². The molecular formula is C13H11BrClFN4O. The van der Waals surface area contributed by atoms with E-state index in [4.69, 9.17) is 16.3 Å². The lowest BCUT2D eigenvalue weighted by Gasteiger charge is -2.15. The number of hydrogen-bond donors (Lipinski definition) is 0. The maximum absolute atomic E-state index is 13.7. The molecule has 8 heteroatoms. The van der Waals surface area contributed by atoms with Crippen molar-refractivity contribution in [2.45, 2.75) is 12.8 Å². The Bertz CT molecular complexity index is 667. The topological polar surface area (TPSA) is 51.1 Å². The molecule has 1 aliphatic rings. The molecule has 0 radical (unpaired) electrons. The van der Waals surface area contributed by atoms with Crippen molar-refractivity contribution >= 4 is 33.5 Å². The zero-order valence-electron chi connectivity index (χ0n) is 10.9. The van der Waals surface area contributed by atoms with E-state index < -0.39 is 5.82 Å². The second-order valence-electron chi connectivity index (χ2n) is 4.56. The fourth-order valence-electron chi connectivity index (χ4n) is 2.08. The average molecular weight is 374 g/mol. The van der Waals surface area contributed by atoms with E-state index in [1.165, 1.54) is 12.1 Å². The maximum atomic E-state index is 13.7. The van der Waals surface area contributed by atoms with Crippen LogP contribution in [0.2, 0.25) is 5.28 Å². The van der Waals surface area contributed by atoms with Gasteiger partial charge in [0.25, 0.3) is 0 Å². The van der Waals surface area contributed by atoms with Gasteiger partial charge in [-0.1, -0.05) is 15.9 Å². The number of anilines is 1. The van der Waals surface area contributed by atoms with E-state index in [2.05, 4.69) is 30.9 Å². The Morgan fingerprint density at radius 1 is 1.19 bits per heavy atom. The maximum Gasteiger partial charge on any atom is 0.328 e. The van der Waals surface area contributed by atoms with E-state index in [0.29, 0.717) is 10.4 Å². The fourth-order valence-corrected chi connectivity index (χ4v) is 2.57. The van der Waals surface area contributed by atoms with Crippen molar-refractivity contribution in [3.05, 3.63) is 33.8 Å². The standard InChI is InChI=1S/C13H11BrClFN4O/c14-8-3-4-9(16)10(7-8)21-13-18-11(15)17-12(19-13)20-5-1-2-6-20/h3-4,7H,1-2,5-6H2. The summed E-state index contributed by atoms with van der Waals surface area (Å²) in [6, 6.07) is 4.36. The third-order valence-electron chi connectivity index (χ3n) is 3.06. The Hall–Kier alpha value is -1.47. The highest BCUT2D eigenvalue weighted by Gasteiger charge is 2.18. The fraction of sp³-hybridized carbons (Fsp3) is 0.308. The minimum Gasteiger partial charge on any atom is -0.421 e. The molecule has 2 aromatic rings. The Morgan fingerprint density at radius 3 is 2.71 bits per heavy atom. The summed E-state index contributed by atoms with van der Waals surface area (Å²) < 4.78 is 19.8. The van der Waals surface area contributed by atoms with Crippen molar-refractivity contribution in [2.75, 3.05) is 18.0 Å². The van der Waals surface area contributed by atoms with Gasteiger partial charge in [0.05, 0.1) is 0 Å². The summed E-state index contributed by atoms with van der Waals surface area (Å²) >= 11 is 9.15. The van der Waals surface area contributed by atoms with Crippen LogP contribution in [0.3, 0.4) is 0 Å². The lowest BCUT2D eigenvalue weighted by molar-refractivity contribution is 0.409. The van der Waals surface area contributed by atoms with Crippen molar-refractivity contribution in [2.24, 2.45) is 0 Å². The van der Waals surface area contributed by atoms with Crippen LogP contribution in [-0.4, -0.2) is 28.0 Å². The number of rotatable bonds is 3. The van der Waals surface area contributed by atoms with E-state index in [0.717, 1.165) is 25.9 Å². The van der Waals surface area contributed by atoms with Gasteiger partial charge in [-0.2, -0.15) is 15.0 Å². The highest BCUT2D eigenvalue weighted by molar-refractivity contribution is 9.10. The summed E-state index contributed by atoms with van der Waals surface area (Å²) in [5.41, 5.74) is 0. The van der Waals surface area contributed by atoms with Crippen LogP contribution in [0, 0.1) is 5.82 Å². The first-order valence-corrected chi connectivity index (χ1v) is 7.58. The van der Waals surface area contributed by atoms with Crippen molar-refractivity contribution in [3.8, 4) is 11.8 Å². The second-order valence-corrected chi connectivity index (χ2v) is 5.81. The highest BCUT2D eigenvalue weighted by Crippen LogP contribution is 2.27. The zero-order chi connectivity index (χ0) is 14.8. The van der Waals surface area contributed by atoms with Gasteiger partial charge in [0.2, 0.25) is 11.2 Å². The summed E-state index contributed by atoms with van der Waals surface area (Å²) in [6.07, 6.45) is 2.17. The summed E-state index contributed by atoms with van der Waals surface area (Å²) in [5, 5.41) is 0.0253. The quantitative estimate of drug-likeness (QED) is 0.818. The molecule has 0 amide bonds. The number of hydrogen-bond acceptors (Lipinski definition) is 5. The molecule has 0 atom stereocenters. The monoisotopic (exact) mass is 372 g/mol. The first-order chi connectivity index (χ1) is 10.1. The number of nitrogens with zero attached hydrogens (tertiary/aromatic N) is 4. The summed E-state index contributed by atoms with van der Waals surface area (Å²) in [6.45, 7) is 1.73. The van der Waals surface area contributed by atoms with Crippen LogP contribution in [0.15, 0.2) is 22.7 Å². The Labute approximate surface area is 134 Å². The van der Waals surface area contributed by atoms with Gasteiger partial charge in [-0.25, -0.2) is 4.39 Å². The van der Waals surface area contributed by atoms with Crippen LogP contribution >= 0.6 is 27.5 Å². The Kier molecular flexibility index (Phi) is 4.21. The van der Waals surface area contributed by atoms with E-state index >= 15 is 0 Å². The lowest BCUT2D eigenvalue weighted by atomic mass is 10.3. The normalized spacial score (nSPS) is 14.5. The highest BCUT2D eigenvalue weighted by atomic mass is 79.9. The molecule has 0 bridgehead atoms. The Balaban J connectivity index is 1.89. The summed E-state index contributed by atoms with van der Waals surface area (Å²) in [7, 11) is 0. The van der Waals surface area contributed by atoms with E-state index in [1.807, 2.05) is 4.90 Å². The molecule has 0 N–H and O–H groups in total. The van der Waals surface area contributed by atoms with Gasteiger partial charge in [-0.15, -0.1) is 0 Å². The minimum absolute atomic E-state index is 0.0195. The second kappa shape index (κ2) is 6.11. The predicted molar refractivity (Wildman–Crippen MR) is 80.5 cm³/mol. The molecule has 0 unspecified atom stereocenters. The van der Waals surface area contributed by atoms with E-state index in [-0.39, 0.29) is 17.0 Å². The van der Waals surface area contributed by atoms with Gasteiger partial charge >= 0.3 is 6.01 Å². The zero-order valence-corrected chi connectivity index (χ0v) is 13.2. The molecule has 0 saturated carbocycles. The van der Waals surface area contributed by atoms with Crippen molar-refractivity contribution < 1.29 is 9.13 Å². The van der Waals surface area contributed by atoms with Crippen molar-refractivity contribution in [3.63, 3.8) is 0 Å². The Morgan fingerprint density at radius 2 is 1.95 bits per heavy atom. The average Bonchev–Trinajstić information content (AvgIpc) is 2.96. The van der Waals surface area contributed by atoms with Gasteiger partial charge in [-0.05, 0) is 42.6 Å². The number of halogens is 3. The molecule has 1 aromatic heterocycles. The molecule has 2 heterocycles. The molecule has 110 valence electrons. The summed E-state index contributed by atoms with van der Waals surface area (Å²) in [4.78, 5) is 14.2. The van der Waals surface area contributed by atoms with Gasteiger partial charge in [0.1, 0.15) is 0 Å². The molecule has 3 rings (SSSR count).